The molecular weight excluding hydrogens is 631 g/mol. The van der Waals surface area contributed by atoms with Crippen LogP contribution >= 0.6 is 0 Å². The van der Waals surface area contributed by atoms with E-state index in [9.17, 15) is 49.5 Å². The van der Waals surface area contributed by atoms with Gasteiger partial charge in [-0.3, -0.25) is 0 Å². The third-order valence-corrected chi connectivity index (χ3v) is 5.05. The Labute approximate surface area is 297 Å². The minimum atomic E-state index is -1.13. The van der Waals surface area contributed by atoms with Crippen LogP contribution in [0.15, 0.2) is 152 Å². The topological polar surface area (TPSA) is 201 Å². The molecule has 5 aromatic carbocycles. The number of rotatable bonds is 5. The molecule has 0 unspecified atom stereocenters. The van der Waals surface area contributed by atoms with Crippen LogP contribution in [-0.2, 0) is 0 Å². The predicted molar refractivity (Wildman–Crippen MR) is 160 cm³/mol. The van der Waals surface area contributed by atoms with E-state index in [-0.39, 0.29) is 68.3 Å². The Hall–Kier alpha value is -5.33. The van der Waals surface area contributed by atoms with Crippen molar-refractivity contribution in [3.05, 3.63) is 179 Å². The van der Waals surface area contributed by atoms with Gasteiger partial charge in [0.2, 0.25) is 0 Å². The van der Waals surface area contributed by atoms with Crippen LogP contribution < -0.4 is 55.1 Å². The molecule has 12 heteroatoms. The zero-order chi connectivity index (χ0) is 33.5. The van der Waals surface area contributed by atoms with Gasteiger partial charge in [-0.2, -0.15) is 0 Å². The molecule has 0 N–H and O–H groups in total. The fourth-order valence-corrected chi connectivity index (χ4v) is 2.87. The van der Waals surface area contributed by atoms with Gasteiger partial charge in [0.1, 0.15) is 0 Å². The first-order valence-corrected chi connectivity index (χ1v) is 12.8. The van der Waals surface area contributed by atoms with Gasteiger partial charge >= 0.3 is 40.5 Å². The van der Waals surface area contributed by atoms with Crippen LogP contribution in [0.4, 0.5) is 0 Å². The van der Waals surface area contributed by atoms with E-state index < -0.39 is 29.8 Å². The number of hydrogen-bond acceptors (Lipinski definition) is 10. The van der Waals surface area contributed by atoms with Gasteiger partial charge in [-0.05, 0) is 27.8 Å². The molecule has 0 saturated carbocycles. The van der Waals surface area contributed by atoms with Crippen molar-refractivity contribution < 1.29 is 79.1 Å². The summed E-state index contributed by atoms with van der Waals surface area (Å²) in [7, 11) is 0. The van der Waals surface area contributed by atoms with Crippen molar-refractivity contribution in [3.63, 3.8) is 0 Å². The molecule has 47 heavy (non-hydrogen) atoms. The maximum Gasteiger partial charge on any atom is 4.00 e. The maximum absolute atomic E-state index is 10.1. The number of hydrogen-bond donors (Lipinski definition) is 0. The van der Waals surface area contributed by atoms with Crippen molar-refractivity contribution in [2.75, 3.05) is 0 Å². The van der Waals surface area contributed by atoms with Crippen LogP contribution in [0.2, 0.25) is 0 Å². The van der Waals surface area contributed by atoms with Gasteiger partial charge in [0.05, 0.1) is 29.8 Å². The maximum atomic E-state index is 10.1. The Morgan fingerprint density at radius 3 is 0.447 bits per heavy atom. The molecule has 5 aromatic rings. The average molecular weight is 657 g/mol. The second-order valence-corrected chi connectivity index (χ2v) is 8.27. The van der Waals surface area contributed by atoms with Crippen LogP contribution in [0.5, 0.6) is 0 Å². The zero-order valence-corrected chi connectivity index (χ0v) is 28.0. The number of benzene rings is 5. The van der Waals surface area contributed by atoms with Gasteiger partial charge in [-0.25, -0.2) is 0 Å². The minimum Gasteiger partial charge on any atom is -0.545 e. The molecule has 0 aliphatic carbocycles. The van der Waals surface area contributed by atoms with E-state index in [1.54, 1.807) is 91.0 Å². The molecule has 0 fully saturated rings. The van der Waals surface area contributed by atoms with Crippen molar-refractivity contribution in [2.45, 2.75) is 0 Å². The number of carbonyl (C=O) groups is 5. The van der Waals surface area contributed by atoms with Gasteiger partial charge in [0.25, 0.3) is 0 Å². The van der Waals surface area contributed by atoms with Crippen molar-refractivity contribution in [3.8, 4) is 0 Å². The van der Waals surface area contributed by atoms with Crippen LogP contribution in [0.25, 0.3) is 0 Å². The smallest absolute Gasteiger partial charge is 0.545 e. The van der Waals surface area contributed by atoms with Crippen molar-refractivity contribution in [2.24, 2.45) is 0 Å². The van der Waals surface area contributed by atoms with E-state index in [1.807, 2.05) is 0 Å². The number of carboxylic acid groups (broad SMARTS) is 5. The molecule has 0 aromatic heterocycles. The van der Waals surface area contributed by atoms with E-state index in [0.29, 0.717) is 0 Å². The van der Waals surface area contributed by atoms with Crippen molar-refractivity contribution in [1.29, 1.82) is 0 Å². The van der Waals surface area contributed by atoms with Gasteiger partial charge in [-0.15, -0.1) is 0 Å². The average Bonchev–Trinajstić information content (AvgIpc) is 3.08. The summed E-state index contributed by atoms with van der Waals surface area (Å²) in [4.78, 5) is 50.4. The summed E-state index contributed by atoms with van der Waals surface area (Å²) in [6.45, 7) is 0. The number of carboxylic acids is 5. The molecule has 0 amide bonds. The van der Waals surface area contributed by atoms with Crippen LogP contribution in [0.1, 0.15) is 51.8 Å². The molecule has 0 aliphatic rings. The molecule has 0 heterocycles. The SMILES string of the molecule is O=C([O-])c1ccccc1.O=C([O-])c1ccccc1.O=C([O-])c1ccccc1.O=C([O-])c1ccccc1.O=C([O-])c1ccccc1.[Na+].[Si+4]. The van der Waals surface area contributed by atoms with Gasteiger partial charge in [0.15, 0.2) is 0 Å². The third kappa shape index (κ3) is 20.3. The first kappa shape index (κ1) is 43.8. The third-order valence-electron chi connectivity index (χ3n) is 5.05. The molecule has 0 spiro atoms. The standard InChI is InChI=1S/5C7H6O2.Na.Si/c5*8-7(9)6-4-2-1-3-5-6;;/h5*1-5H,(H,8,9);;/q;;;;;+1;+4/p-5. The largest absolute Gasteiger partial charge is 4.00 e. The van der Waals surface area contributed by atoms with E-state index in [4.69, 9.17) is 0 Å². The summed E-state index contributed by atoms with van der Waals surface area (Å²) in [6, 6.07) is 40.3. The quantitative estimate of drug-likeness (QED) is 0.174. The Balaban J connectivity index is 0. The summed E-state index contributed by atoms with van der Waals surface area (Å²) in [6.07, 6.45) is 0. The van der Waals surface area contributed by atoms with Crippen molar-refractivity contribution in [1.82, 2.24) is 0 Å². The molecular formula is C35H25NaO10Si. The Kier molecular flexibility index (Phi) is 24.2. The fourth-order valence-electron chi connectivity index (χ4n) is 2.87. The summed E-state index contributed by atoms with van der Waals surface area (Å²) < 4.78 is 0. The Morgan fingerprint density at radius 1 is 0.277 bits per heavy atom. The molecule has 230 valence electrons. The van der Waals surface area contributed by atoms with Crippen LogP contribution in [0.3, 0.4) is 0 Å². The Bertz CT molecular complexity index is 1320. The molecule has 0 aliphatic heterocycles. The zero-order valence-electron chi connectivity index (χ0n) is 25.0. The van der Waals surface area contributed by atoms with Crippen LogP contribution in [-0.4, -0.2) is 40.8 Å². The number of carbonyl (C=O) groups excluding carboxylic acids is 5. The number of aromatic carboxylic acids is 5. The van der Waals surface area contributed by atoms with E-state index in [2.05, 4.69) is 0 Å². The van der Waals surface area contributed by atoms with Gasteiger partial charge in [-0.1, -0.05) is 152 Å². The molecule has 0 saturated heterocycles. The predicted octanol–water partition coefficient (Wildman–Crippen LogP) is -3.13. The molecule has 0 atom stereocenters. The van der Waals surface area contributed by atoms with Crippen LogP contribution in [0, 0.1) is 0 Å². The second kappa shape index (κ2) is 25.9. The van der Waals surface area contributed by atoms with E-state index in [1.165, 1.54) is 60.7 Å². The summed E-state index contributed by atoms with van der Waals surface area (Å²) in [5, 5.41) is 50.4. The summed E-state index contributed by atoms with van der Waals surface area (Å²) in [5.74, 6) is -5.65. The normalized spacial score (nSPS) is 8.51. The second-order valence-electron chi connectivity index (χ2n) is 8.27. The molecule has 0 bridgehead atoms. The van der Waals surface area contributed by atoms with Gasteiger partial charge < -0.3 is 49.5 Å². The monoisotopic (exact) mass is 656 g/mol. The fraction of sp³-hybridized carbons (Fsp3) is 0. The first-order valence-electron chi connectivity index (χ1n) is 12.8. The van der Waals surface area contributed by atoms with E-state index >= 15 is 0 Å². The molecule has 0 radical (unpaired) electrons. The van der Waals surface area contributed by atoms with E-state index in [0.717, 1.165) is 0 Å². The summed E-state index contributed by atoms with van der Waals surface area (Å²) >= 11 is 0. The Morgan fingerprint density at radius 2 is 0.383 bits per heavy atom. The molecule has 5 rings (SSSR count). The van der Waals surface area contributed by atoms with Gasteiger partial charge in [0, 0.05) is 0 Å². The minimum absolute atomic E-state index is 0. The first-order chi connectivity index (χ1) is 21.5. The summed E-state index contributed by atoms with van der Waals surface area (Å²) in [5.41, 5.74) is 1.10. The van der Waals surface area contributed by atoms with Crippen molar-refractivity contribution >= 4 is 40.8 Å². The molecule has 10 nitrogen and oxygen atoms in total.